The summed E-state index contributed by atoms with van der Waals surface area (Å²) in [6, 6.07) is 17.8. The largest absolute Gasteiger partial charge is 0.481 e. The number of pyridine rings is 1. The Bertz CT molecular complexity index is 1310. The Kier molecular flexibility index (Phi) is 5.62. The van der Waals surface area contributed by atoms with Crippen LogP contribution in [0.3, 0.4) is 0 Å². The van der Waals surface area contributed by atoms with Crippen molar-refractivity contribution in [2.75, 3.05) is 5.32 Å². The summed E-state index contributed by atoms with van der Waals surface area (Å²) in [6.07, 6.45) is 7.43. The molecule has 6 heteroatoms. The number of amides is 1. The quantitative estimate of drug-likeness (QED) is 0.533. The average Bonchev–Trinajstić information content (AvgIpc) is 3.48. The molecular formula is C28H25N3O3. The molecule has 0 radical (unpaired) electrons. The highest BCUT2D eigenvalue weighted by atomic mass is 16.4. The third kappa shape index (κ3) is 4.06. The number of carboxylic acids is 1. The summed E-state index contributed by atoms with van der Waals surface area (Å²) >= 11 is 0. The van der Waals surface area contributed by atoms with E-state index in [0.717, 1.165) is 36.0 Å². The number of aryl methyl sites for hydroxylation is 2. The molecule has 0 bridgehead atoms. The van der Waals surface area contributed by atoms with E-state index in [0.29, 0.717) is 24.1 Å². The maximum atomic E-state index is 13.3. The number of carbonyl (C=O) groups excluding carboxylic acids is 1. The fourth-order valence-electron chi connectivity index (χ4n) is 5.32. The van der Waals surface area contributed by atoms with Gasteiger partial charge < -0.3 is 10.4 Å². The van der Waals surface area contributed by atoms with Gasteiger partial charge in [0.2, 0.25) is 5.91 Å². The van der Waals surface area contributed by atoms with Gasteiger partial charge in [0.15, 0.2) is 0 Å². The molecule has 1 heterocycles. The minimum atomic E-state index is -0.843. The first kappa shape index (κ1) is 21.8. The molecule has 0 saturated heterocycles. The highest BCUT2D eigenvalue weighted by molar-refractivity contribution is 5.97. The van der Waals surface area contributed by atoms with E-state index in [4.69, 9.17) is 5.11 Å². The average molecular weight is 452 g/mol. The molecule has 34 heavy (non-hydrogen) atoms. The van der Waals surface area contributed by atoms with Crippen LogP contribution in [-0.4, -0.2) is 22.0 Å². The van der Waals surface area contributed by atoms with Gasteiger partial charge in [-0.3, -0.25) is 14.6 Å². The Morgan fingerprint density at radius 1 is 1.18 bits per heavy atom. The van der Waals surface area contributed by atoms with Gasteiger partial charge in [-0.25, -0.2) is 0 Å². The summed E-state index contributed by atoms with van der Waals surface area (Å²) in [5.74, 6) is -0.991. The van der Waals surface area contributed by atoms with Crippen molar-refractivity contribution in [3.8, 4) is 17.2 Å². The van der Waals surface area contributed by atoms with Crippen molar-refractivity contribution in [3.63, 3.8) is 0 Å². The minimum Gasteiger partial charge on any atom is -0.481 e. The predicted octanol–water partition coefficient (Wildman–Crippen LogP) is 4.87. The standard InChI is InChI=1S/C28H25N3O3/c29-16-18-6-7-20(3-1-5-26(32)33)25(13-18)31-27(34)24-15-28(24)11-10-19-8-9-21(14-23(19)28)22-4-2-12-30-17-22/h2,4,6-9,12-14,17,24H,1,3,5,10-11,15H2,(H,31,34)(H,32,33)/t24-,28-/m0/s1. The molecule has 2 aliphatic carbocycles. The molecular weight excluding hydrogens is 426 g/mol. The van der Waals surface area contributed by atoms with Gasteiger partial charge in [-0.2, -0.15) is 5.26 Å². The number of fused-ring (bicyclic) bond motifs is 2. The highest BCUT2D eigenvalue weighted by Crippen LogP contribution is 2.62. The number of carboxylic acid groups (broad SMARTS) is 1. The monoisotopic (exact) mass is 451 g/mol. The molecule has 3 aromatic rings. The van der Waals surface area contributed by atoms with Crippen LogP contribution in [0.25, 0.3) is 11.1 Å². The second-order valence-electron chi connectivity index (χ2n) is 9.25. The van der Waals surface area contributed by atoms with E-state index >= 15 is 0 Å². The van der Waals surface area contributed by atoms with Crippen molar-refractivity contribution in [1.29, 1.82) is 5.26 Å². The summed E-state index contributed by atoms with van der Waals surface area (Å²) in [5, 5.41) is 21.3. The third-order valence-electron chi connectivity index (χ3n) is 7.21. The SMILES string of the molecule is N#Cc1ccc(CCCC(=O)O)c(NC(=O)[C@@H]2C[C@]23CCc2ccc(-c4cccnc4)cc23)c1. The summed E-state index contributed by atoms with van der Waals surface area (Å²) in [5.41, 5.74) is 6.55. The molecule has 6 nitrogen and oxygen atoms in total. The second kappa shape index (κ2) is 8.75. The summed E-state index contributed by atoms with van der Waals surface area (Å²) < 4.78 is 0. The molecule has 1 spiro atoms. The number of aromatic nitrogens is 1. The lowest BCUT2D eigenvalue weighted by Crippen LogP contribution is -2.20. The van der Waals surface area contributed by atoms with Crippen molar-refractivity contribution < 1.29 is 14.7 Å². The van der Waals surface area contributed by atoms with Crippen molar-refractivity contribution in [2.45, 2.75) is 43.9 Å². The first-order valence-corrected chi connectivity index (χ1v) is 11.6. The number of aliphatic carboxylic acids is 1. The number of nitriles is 1. The fraction of sp³-hybridized carbons (Fsp3) is 0.286. The van der Waals surface area contributed by atoms with Gasteiger partial charge in [0.1, 0.15) is 0 Å². The van der Waals surface area contributed by atoms with E-state index < -0.39 is 5.97 Å². The molecule has 2 aliphatic rings. The van der Waals surface area contributed by atoms with Gasteiger partial charge in [0, 0.05) is 35.8 Å². The maximum absolute atomic E-state index is 13.3. The number of nitrogens with zero attached hydrogens (tertiary/aromatic N) is 2. The van der Waals surface area contributed by atoms with E-state index in [1.165, 1.54) is 11.1 Å². The van der Waals surface area contributed by atoms with Crippen LogP contribution in [0.2, 0.25) is 0 Å². The first-order chi connectivity index (χ1) is 16.5. The molecule has 1 saturated carbocycles. The number of hydrogen-bond acceptors (Lipinski definition) is 4. The fourth-order valence-corrected chi connectivity index (χ4v) is 5.32. The van der Waals surface area contributed by atoms with Gasteiger partial charge in [-0.05, 0) is 78.1 Å². The molecule has 1 fully saturated rings. The van der Waals surface area contributed by atoms with E-state index in [-0.39, 0.29) is 23.7 Å². The number of hydrogen-bond donors (Lipinski definition) is 2. The minimum absolute atomic E-state index is 0.0331. The predicted molar refractivity (Wildman–Crippen MR) is 128 cm³/mol. The molecule has 0 unspecified atom stereocenters. The van der Waals surface area contributed by atoms with E-state index in [1.54, 1.807) is 18.3 Å². The van der Waals surface area contributed by atoms with Crippen molar-refractivity contribution >= 4 is 17.6 Å². The topological polar surface area (TPSA) is 103 Å². The Hall–Kier alpha value is -3.98. The lowest BCUT2D eigenvalue weighted by atomic mass is 9.92. The molecule has 1 aromatic heterocycles. The van der Waals surface area contributed by atoms with Crippen molar-refractivity contribution in [1.82, 2.24) is 4.98 Å². The number of anilines is 1. The Labute approximate surface area is 198 Å². The van der Waals surface area contributed by atoms with Crippen LogP contribution in [-0.2, 0) is 27.8 Å². The number of carbonyl (C=O) groups is 2. The second-order valence-corrected chi connectivity index (χ2v) is 9.25. The van der Waals surface area contributed by atoms with E-state index in [9.17, 15) is 14.9 Å². The maximum Gasteiger partial charge on any atom is 0.303 e. The Balaban J connectivity index is 1.36. The number of rotatable bonds is 7. The van der Waals surface area contributed by atoms with Gasteiger partial charge in [0.25, 0.3) is 0 Å². The van der Waals surface area contributed by atoms with Gasteiger partial charge in [0.05, 0.1) is 11.6 Å². The smallest absolute Gasteiger partial charge is 0.303 e. The van der Waals surface area contributed by atoms with Crippen LogP contribution in [0, 0.1) is 17.2 Å². The normalized spacial score (nSPS) is 19.9. The molecule has 2 N–H and O–H groups in total. The number of nitrogens with one attached hydrogen (secondary N) is 1. The molecule has 170 valence electrons. The lowest BCUT2D eigenvalue weighted by molar-refractivity contribution is -0.137. The Morgan fingerprint density at radius 3 is 2.82 bits per heavy atom. The van der Waals surface area contributed by atoms with Crippen molar-refractivity contribution in [2.24, 2.45) is 5.92 Å². The number of benzene rings is 2. The van der Waals surface area contributed by atoms with Gasteiger partial charge in [-0.1, -0.05) is 30.3 Å². The first-order valence-electron chi connectivity index (χ1n) is 11.6. The molecule has 1 amide bonds. The zero-order valence-electron chi connectivity index (χ0n) is 18.8. The molecule has 2 aromatic carbocycles. The van der Waals surface area contributed by atoms with Crippen LogP contribution in [0.1, 0.15) is 47.9 Å². The summed E-state index contributed by atoms with van der Waals surface area (Å²) in [4.78, 5) is 28.5. The Morgan fingerprint density at radius 2 is 2.06 bits per heavy atom. The van der Waals surface area contributed by atoms with Gasteiger partial charge >= 0.3 is 5.97 Å². The van der Waals surface area contributed by atoms with Crippen LogP contribution < -0.4 is 5.32 Å². The molecule has 2 atom stereocenters. The summed E-state index contributed by atoms with van der Waals surface area (Å²) in [6.45, 7) is 0. The molecule has 5 rings (SSSR count). The zero-order valence-corrected chi connectivity index (χ0v) is 18.8. The molecule has 0 aliphatic heterocycles. The van der Waals surface area contributed by atoms with Gasteiger partial charge in [-0.15, -0.1) is 0 Å². The lowest BCUT2D eigenvalue weighted by Gasteiger charge is -2.15. The van der Waals surface area contributed by atoms with Crippen LogP contribution in [0.4, 0.5) is 5.69 Å². The van der Waals surface area contributed by atoms with Crippen molar-refractivity contribution in [3.05, 3.63) is 83.2 Å². The van der Waals surface area contributed by atoms with Crippen LogP contribution in [0.15, 0.2) is 60.9 Å². The highest BCUT2D eigenvalue weighted by Gasteiger charge is 2.61. The van der Waals surface area contributed by atoms with Crippen LogP contribution >= 0.6 is 0 Å². The summed E-state index contributed by atoms with van der Waals surface area (Å²) in [7, 11) is 0. The van der Waals surface area contributed by atoms with E-state index in [1.807, 2.05) is 24.4 Å². The van der Waals surface area contributed by atoms with Crippen LogP contribution in [0.5, 0.6) is 0 Å². The zero-order chi connectivity index (χ0) is 23.7. The van der Waals surface area contributed by atoms with E-state index in [2.05, 4.69) is 34.6 Å². The third-order valence-corrected chi connectivity index (χ3v) is 7.21.